The topological polar surface area (TPSA) is 105 Å². The van der Waals surface area contributed by atoms with Gasteiger partial charge in [0.2, 0.25) is 5.91 Å². The summed E-state index contributed by atoms with van der Waals surface area (Å²) >= 11 is 1.29. The monoisotopic (exact) mass is 255 g/mol. The standard InChI is InChI=1S/C10H13N3O3S/c1-6(14)13-8(10(15)16)5-17-7-2-3-9(11)12-4-7/h2-4,8H,5H2,1H3,(H2,11,12)(H,13,14)(H,15,16). The van der Waals surface area contributed by atoms with Gasteiger partial charge in [0.1, 0.15) is 11.9 Å². The van der Waals surface area contributed by atoms with Crippen LogP contribution in [-0.4, -0.2) is 33.8 Å². The summed E-state index contributed by atoms with van der Waals surface area (Å²) < 4.78 is 0. The lowest BCUT2D eigenvalue weighted by Gasteiger charge is -2.12. The molecule has 0 saturated heterocycles. The molecular formula is C10H13N3O3S. The lowest BCUT2D eigenvalue weighted by atomic mass is 10.3. The summed E-state index contributed by atoms with van der Waals surface area (Å²) in [5.74, 6) is -0.781. The molecule has 1 amide bonds. The fourth-order valence-electron chi connectivity index (χ4n) is 1.08. The van der Waals surface area contributed by atoms with Gasteiger partial charge < -0.3 is 16.2 Å². The highest BCUT2D eigenvalue weighted by Gasteiger charge is 2.18. The molecule has 1 atom stereocenters. The van der Waals surface area contributed by atoms with Crippen LogP contribution in [0.4, 0.5) is 5.82 Å². The summed E-state index contributed by atoms with van der Waals surface area (Å²) in [6.45, 7) is 1.28. The smallest absolute Gasteiger partial charge is 0.327 e. The molecule has 1 aromatic heterocycles. The molecule has 7 heteroatoms. The van der Waals surface area contributed by atoms with E-state index in [0.717, 1.165) is 4.90 Å². The van der Waals surface area contributed by atoms with Crippen molar-refractivity contribution in [3.05, 3.63) is 18.3 Å². The molecule has 0 aliphatic rings. The number of carboxylic acids is 1. The number of nitrogen functional groups attached to an aromatic ring is 1. The first kappa shape index (κ1) is 13.3. The van der Waals surface area contributed by atoms with Crippen LogP contribution in [0, 0.1) is 0 Å². The highest BCUT2D eigenvalue weighted by molar-refractivity contribution is 7.99. The van der Waals surface area contributed by atoms with E-state index in [9.17, 15) is 9.59 Å². The number of nitrogens with one attached hydrogen (secondary N) is 1. The van der Waals surface area contributed by atoms with Crippen molar-refractivity contribution in [3.63, 3.8) is 0 Å². The molecular weight excluding hydrogens is 242 g/mol. The van der Waals surface area contributed by atoms with Crippen LogP contribution in [0.15, 0.2) is 23.2 Å². The minimum Gasteiger partial charge on any atom is -0.480 e. The molecule has 6 nitrogen and oxygen atoms in total. The average molecular weight is 255 g/mol. The maximum absolute atomic E-state index is 10.8. The van der Waals surface area contributed by atoms with Crippen LogP contribution in [-0.2, 0) is 9.59 Å². The van der Waals surface area contributed by atoms with E-state index in [1.807, 2.05) is 0 Å². The highest BCUT2D eigenvalue weighted by atomic mass is 32.2. The van der Waals surface area contributed by atoms with Gasteiger partial charge in [0.05, 0.1) is 0 Å². The molecule has 0 fully saturated rings. The zero-order valence-electron chi connectivity index (χ0n) is 9.21. The molecule has 1 rings (SSSR count). The molecule has 17 heavy (non-hydrogen) atoms. The Morgan fingerprint density at radius 3 is 2.76 bits per heavy atom. The minimum atomic E-state index is -1.06. The summed E-state index contributed by atoms with van der Waals surface area (Å²) in [6.07, 6.45) is 1.56. The number of rotatable bonds is 5. The van der Waals surface area contributed by atoms with Crippen LogP contribution < -0.4 is 11.1 Å². The molecule has 4 N–H and O–H groups in total. The van der Waals surface area contributed by atoms with E-state index in [2.05, 4.69) is 10.3 Å². The van der Waals surface area contributed by atoms with E-state index >= 15 is 0 Å². The minimum absolute atomic E-state index is 0.237. The van der Waals surface area contributed by atoms with Crippen LogP contribution in [0.2, 0.25) is 0 Å². The van der Waals surface area contributed by atoms with E-state index in [1.54, 1.807) is 18.3 Å². The Labute approximate surface area is 103 Å². The zero-order chi connectivity index (χ0) is 12.8. The second-order valence-corrected chi connectivity index (χ2v) is 4.41. The molecule has 0 spiro atoms. The summed E-state index contributed by atoms with van der Waals surface area (Å²) in [5, 5.41) is 11.2. The number of carbonyl (C=O) groups is 2. The van der Waals surface area contributed by atoms with Gasteiger partial charge in [0.25, 0.3) is 0 Å². The third-order valence-electron chi connectivity index (χ3n) is 1.85. The normalized spacial score (nSPS) is 11.8. The highest BCUT2D eigenvalue weighted by Crippen LogP contribution is 2.18. The van der Waals surface area contributed by atoms with Crippen molar-refractivity contribution in [1.29, 1.82) is 0 Å². The van der Waals surface area contributed by atoms with Crippen LogP contribution in [0.1, 0.15) is 6.92 Å². The third kappa shape index (κ3) is 4.73. The molecule has 1 unspecified atom stereocenters. The van der Waals surface area contributed by atoms with E-state index < -0.39 is 12.0 Å². The Morgan fingerprint density at radius 1 is 1.59 bits per heavy atom. The largest absolute Gasteiger partial charge is 0.480 e. The maximum Gasteiger partial charge on any atom is 0.327 e. The van der Waals surface area contributed by atoms with Crippen molar-refractivity contribution in [3.8, 4) is 0 Å². The second kappa shape index (κ2) is 6.09. The summed E-state index contributed by atoms with van der Waals surface area (Å²) in [4.78, 5) is 26.3. The molecule has 0 bridgehead atoms. The number of nitrogens with zero attached hydrogens (tertiary/aromatic N) is 1. The quantitative estimate of drug-likeness (QED) is 0.655. The lowest BCUT2D eigenvalue weighted by molar-refractivity contribution is -0.140. The zero-order valence-corrected chi connectivity index (χ0v) is 10.0. The van der Waals surface area contributed by atoms with Crippen molar-refractivity contribution in [2.75, 3.05) is 11.5 Å². The second-order valence-electron chi connectivity index (χ2n) is 3.32. The van der Waals surface area contributed by atoms with E-state index in [1.165, 1.54) is 18.7 Å². The van der Waals surface area contributed by atoms with Gasteiger partial charge in [-0.15, -0.1) is 11.8 Å². The number of hydrogen-bond donors (Lipinski definition) is 3. The number of anilines is 1. The van der Waals surface area contributed by atoms with E-state index in [0.29, 0.717) is 5.82 Å². The molecule has 0 radical (unpaired) electrons. The Morgan fingerprint density at radius 2 is 2.29 bits per heavy atom. The summed E-state index contributed by atoms with van der Waals surface area (Å²) in [7, 11) is 0. The Kier molecular flexibility index (Phi) is 4.77. The molecule has 0 aliphatic heterocycles. The lowest BCUT2D eigenvalue weighted by Crippen LogP contribution is -2.41. The maximum atomic E-state index is 10.8. The molecule has 0 aliphatic carbocycles. The first-order valence-electron chi connectivity index (χ1n) is 4.83. The third-order valence-corrected chi connectivity index (χ3v) is 2.93. The number of pyridine rings is 1. The van der Waals surface area contributed by atoms with Crippen molar-refractivity contribution in [1.82, 2.24) is 10.3 Å². The Hall–Kier alpha value is -1.76. The average Bonchev–Trinajstić information content (AvgIpc) is 2.25. The van der Waals surface area contributed by atoms with Crippen LogP contribution in [0.5, 0.6) is 0 Å². The van der Waals surface area contributed by atoms with Gasteiger partial charge >= 0.3 is 5.97 Å². The van der Waals surface area contributed by atoms with Crippen LogP contribution >= 0.6 is 11.8 Å². The van der Waals surface area contributed by atoms with Crippen molar-refractivity contribution in [2.45, 2.75) is 17.9 Å². The van der Waals surface area contributed by atoms with Crippen molar-refractivity contribution >= 4 is 29.5 Å². The van der Waals surface area contributed by atoms with Gasteiger partial charge in [-0.1, -0.05) is 0 Å². The van der Waals surface area contributed by atoms with Gasteiger partial charge in [-0.3, -0.25) is 4.79 Å². The van der Waals surface area contributed by atoms with Gasteiger partial charge in [-0.25, -0.2) is 9.78 Å². The molecule has 0 aromatic carbocycles. The first-order chi connectivity index (χ1) is 7.99. The number of amides is 1. The predicted octanol–water partition coefficient (Wildman–Crippen LogP) is 0.345. The van der Waals surface area contributed by atoms with E-state index in [-0.39, 0.29) is 11.7 Å². The SMILES string of the molecule is CC(=O)NC(CSc1ccc(N)nc1)C(=O)O. The number of nitrogens with two attached hydrogens (primary N) is 1. The summed E-state index contributed by atoms with van der Waals surface area (Å²) in [6, 6.07) is 2.48. The van der Waals surface area contributed by atoms with Crippen molar-refractivity contribution < 1.29 is 14.7 Å². The van der Waals surface area contributed by atoms with Crippen molar-refractivity contribution in [2.24, 2.45) is 0 Å². The Balaban J connectivity index is 2.54. The molecule has 92 valence electrons. The number of hydrogen-bond acceptors (Lipinski definition) is 5. The number of carbonyl (C=O) groups excluding carboxylic acids is 1. The fourth-order valence-corrected chi connectivity index (χ4v) is 1.95. The number of aromatic nitrogens is 1. The number of thioether (sulfide) groups is 1. The summed E-state index contributed by atoms with van der Waals surface area (Å²) in [5.41, 5.74) is 5.43. The van der Waals surface area contributed by atoms with Gasteiger partial charge in [-0.2, -0.15) is 0 Å². The molecule has 0 saturated carbocycles. The Bertz CT molecular complexity index is 408. The fraction of sp³-hybridized carbons (Fsp3) is 0.300. The van der Waals surface area contributed by atoms with Crippen LogP contribution in [0.25, 0.3) is 0 Å². The van der Waals surface area contributed by atoms with Gasteiger partial charge in [0.15, 0.2) is 0 Å². The molecule has 1 aromatic rings. The van der Waals surface area contributed by atoms with Crippen LogP contribution in [0.3, 0.4) is 0 Å². The predicted molar refractivity (Wildman–Crippen MR) is 64.6 cm³/mol. The first-order valence-corrected chi connectivity index (χ1v) is 5.82. The molecule has 1 heterocycles. The van der Waals surface area contributed by atoms with Gasteiger partial charge in [0, 0.05) is 23.8 Å². The van der Waals surface area contributed by atoms with E-state index in [4.69, 9.17) is 10.8 Å². The number of aliphatic carboxylic acids is 1. The van der Waals surface area contributed by atoms with Gasteiger partial charge in [-0.05, 0) is 12.1 Å². The number of carboxylic acid groups (broad SMARTS) is 1.